The number of anilines is 1. The van der Waals surface area contributed by atoms with Gasteiger partial charge in [0.2, 0.25) is 5.91 Å². The van der Waals surface area contributed by atoms with Gasteiger partial charge < -0.3 is 16.0 Å². The van der Waals surface area contributed by atoms with Gasteiger partial charge in [-0.3, -0.25) is 9.59 Å². The zero-order valence-corrected chi connectivity index (χ0v) is 9.76. The molecule has 6 nitrogen and oxygen atoms in total. The van der Waals surface area contributed by atoms with Crippen molar-refractivity contribution >= 4 is 23.3 Å². The predicted octanol–water partition coefficient (Wildman–Crippen LogP) is 0.489. The molecule has 16 heavy (non-hydrogen) atoms. The van der Waals surface area contributed by atoms with Crippen LogP contribution < -0.4 is 16.6 Å². The van der Waals surface area contributed by atoms with E-state index in [0.717, 1.165) is 0 Å². The van der Waals surface area contributed by atoms with Crippen LogP contribution >= 0.6 is 11.6 Å². The molecule has 0 saturated heterocycles. The predicted molar refractivity (Wildman–Crippen MR) is 61.4 cm³/mol. The van der Waals surface area contributed by atoms with Crippen molar-refractivity contribution in [1.29, 1.82) is 0 Å². The second-order valence-electron chi connectivity index (χ2n) is 4.05. The van der Waals surface area contributed by atoms with Crippen molar-refractivity contribution in [2.24, 2.45) is 5.73 Å². The number of aromatic nitrogens is 2. The van der Waals surface area contributed by atoms with E-state index < -0.39 is 17.0 Å². The number of amides is 1. The number of aromatic amines is 1. The fourth-order valence-electron chi connectivity index (χ4n) is 1.27. The van der Waals surface area contributed by atoms with Crippen LogP contribution in [-0.4, -0.2) is 21.4 Å². The van der Waals surface area contributed by atoms with Crippen molar-refractivity contribution in [2.75, 3.05) is 5.32 Å². The van der Waals surface area contributed by atoms with Gasteiger partial charge in [0.05, 0.1) is 6.33 Å². The van der Waals surface area contributed by atoms with Crippen molar-refractivity contribution < 1.29 is 4.79 Å². The number of rotatable bonds is 4. The van der Waals surface area contributed by atoms with Gasteiger partial charge >= 0.3 is 0 Å². The van der Waals surface area contributed by atoms with Crippen LogP contribution in [0.5, 0.6) is 0 Å². The van der Waals surface area contributed by atoms with Gasteiger partial charge in [0.1, 0.15) is 5.02 Å². The molecule has 0 aliphatic carbocycles. The minimum atomic E-state index is -0.615. The summed E-state index contributed by atoms with van der Waals surface area (Å²) in [6.45, 7) is 3.52. The molecule has 0 radical (unpaired) electrons. The van der Waals surface area contributed by atoms with Gasteiger partial charge in [-0.25, -0.2) is 4.98 Å². The molecule has 0 unspecified atom stereocenters. The fraction of sp³-hybridized carbons (Fsp3) is 0.444. The molecular formula is C9H13ClN4O2. The molecule has 0 spiro atoms. The molecule has 0 aliphatic rings. The highest BCUT2D eigenvalue weighted by Gasteiger charge is 2.22. The summed E-state index contributed by atoms with van der Waals surface area (Å²) in [5.74, 6) is -0.213. The van der Waals surface area contributed by atoms with Gasteiger partial charge in [-0.1, -0.05) is 11.6 Å². The lowest BCUT2D eigenvalue weighted by molar-refractivity contribution is -0.118. The van der Waals surface area contributed by atoms with E-state index in [-0.39, 0.29) is 17.3 Å². The third-order valence-electron chi connectivity index (χ3n) is 1.87. The number of carbonyl (C=O) groups excluding carboxylic acids is 1. The second-order valence-corrected chi connectivity index (χ2v) is 4.42. The van der Waals surface area contributed by atoms with Crippen LogP contribution in [-0.2, 0) is 4.79 Å². The first-order valence-corrected chi connectivity index (χ1v) is 4.99. The lowest BCUT2D eigenvalue weighted by Crippen LogP contribution is -2.36. The average molecular weight is 245 g/mol. The largest absolute Gasteiger partial charge is 0.370 e. The molecule has 1 aromatic rings. The summed E-state index contributed by atoms with van der Waals surface area (Å²) in [5, 5.41) is 2.85. The first-order chi connectivity index (χ1) is 7.32. The van der Waals surface area contributed by atoms with Gasteiger partial charge in [-0.05, 0) is 13.8 Å². The average Bonchev–Trinajstić information content (AvgIpc) is 2.10. The Bertz CT molecular complexity index is 455. The van der Waals surface area contributed by atoms with Crippen LogP contribution in [0.15, 0.2) is 11.1 Å². The number of primary amides is 1. The van der Waals surface area contributed by atoms with E-state index in [1.807, 2.05) is 0 Å². The lowest BCUT2D eigenvalue weighted by atomic mass is 10.0. The maximum absolute atomic E-state index is 11.2. The molecular weight excluding hydrogens is 232 g/mol. The maximum Gasteiger partial charge on any atom is 0.271 e. The number of nitrogens with zero attached hydrogens (tertiary/aromatic N) is 1. The molecule has 88 valence electrons. The molecule has 0 bridgehead atoms. The van der Waals surface area contributed by atoms with E-state index in [4.69, 9.17) is 17.3 Å². The quantitative estimate of drug-likeness (QED) is 0.717. The Morgan fingerprint density at radius 1 is 1.69 bits per heavy atom. The Hall–Kier alpha value is -1.56. The van der Waals surface area contributed by atoms with Crippen LogP contribution in [0.3, 0.4) is 0 Å². The highest BCUT2D eigenvalue weighted by molar-refractivity contribution is 6.32. The van der Waals surface area contributed by atoms with E-state index >= 15 is 0 Å². The van der Waals surface area contributed by atoms with Gasteiger partial charge in [0.15, 0.2) is 5.82 Å². The minimum Gasteiger partial charge on any atom is -0.370 e. The van der Waals surface area contributed by atoms with Gasteiger partial charge in [0.25, 0.3) is 5.56 Å². The van der Waals surface area contributed by atoms with Gasteiger partial charge in [-0.2, -0.15) is 0 Å². The monoisotopic (exact) mass is 244 g/mol. The van der Waals surface area contributed by atoms with E-state index in [1.54, 1.807) is 13.8 Å². The first-order valence-electron chi connectivity index (χ1n) is 4.61. The second kappa shape index (κ2) is 4.52. The zero-order valence-electron chi connectivity index (χ0n) is 9.00. The Labute approximate surface area is 97.2 Å². The molecule has 1 aromatic heterocycles. The summed E-state index contributed by atoms with van der Waals surface area (Å²) >= 11 is 5.75. The fourth-order valence-corrected chi connectivity index (χ4v) is 1.42. The molecule has 0 fully saturated rings. The minimum absolute atomic E-state index is 0.0416. The van der Waals surface area contributed by atoms with Crippen LogP contribution in [0.25, 0.3) is 0 Å². The van der Waals surface area contributed by atoms with E-state index in [9.17, 15) is 9.59 Å². The van der Waals surface area contributed by atoms with E-state index in [1.165, 1.54) is 6.33 Å². The molecule has 4 N–H and O–H groups in total. The number of hydrogen-bond donors (Lipinski definition) is 3. The number of carbonyl (C=O) groups is 1. The van der Waals surface area contributed by atoms with Crippen molar-refractivity contribution in [2.45, 2.75) is 25.8 Å². The molecule has 0 aliphatic heterocycles. The van der Waals surface area contributed by atoms with Gasteiger partial charge in [0, 0.05) is 12.0 Å². The number of nitrogens with one attached hydrogen (secondary N) is 2. The molecule has 0 saturated carbocycles. The van der Waals surface area contributed by atoms with E-state index in [2.05, 4.69) is 15.3 Å². The number of nitrogens with two attached hydrogens (primary N) is 1. The Morgan fingerprint density at radius 2 is 2.31 bits per heavy atom. The standard InChI is InChI=1S/C9H13ClN4O2/c1-9(2,3-5(11)15)14-7-6(10)8(16)13-4-12-7/h4H,3H2,1-2H3,(H2,11,15)(H2,12,13,14,16). The zero-order chi connectivity index (χ0) is 12.3. The normalized spacial score (nSPS) is 11.2. The molecule has 0 aromatic carbocycles. The molecule has 1 rings (SSSR count). The smallest absolute Gasteiger partial charge is 0.271 e. The van der Waals surface area contributed by atoms with Crippen molar-refractivity contribution in [3.05, 3.63) is 21.7 Å². The molecule has 1 heterocycles. The highest BCUT2D eigenvalue weighted by Crippen LogP contribution is 2.20. The third-order valence-corrected chi connectivity index (χ3v) is 2.22. The number of hydrogen-bond acceptors (Lipinski definition) is 4. The van der Waals surface area contributed by atoms with Crippen LogP contribution in [0.1, 0.15) is 20.3 Å². The van der Waals surface area contributed by atoms with Crippen LogP contribution in [0.2, 0.25) is 5.02 Å². The number of halogens is 1. The van der Waals surface area contributed by atoms with Crippen LogP contribution in [0.4, 0.5) is 5.82 Å². The summed E-state index contributed by atoms with van der Waals surface area (Å²) in [4.78, 5) is 28.2. The summed E-state index contributed by atoms with van der Waals surface area (Å²) in [5.41, 5.74) is 4.05. The molecule has 0 atom stereocenters. The Balaban J connectivity index is 2.92. The summed E-state index contributed by atoms with van der Waals surface area (Å²) < 4.78 is 0. The Morgan fingerprint density at radius 3 is 2.88 bits per heavy atom. The summed E-state index contributed by atoms with van der Waals surface area (Å²) in [6, 6.07) is 0. The third kappa shape index (κ3) is 3.23. The van der Waals surface area contributed by atoms with Crippen molar-refractivity contribution in [3.63, 3.8) is 0 Å². The molecule has 7 heteroatoms. The van der Waals surface area contributed by atoms with Crippen molar-refractivity contribution in [1.82, 2.24) is 9.97 Å². The van der Waals surface area contributed by atoms with E-state index in [0.29, 0.717) is 0 Å². The topological polar surface area (TPSA) is 101 Å². The lowest BCUT2D eigenvalue weighted by Gasteiger charge is -2.25. The number of H-pyrrole nitrogens is 1. The van der Waals surface area contributed by atoms with Crippen LogP contribution in [0, 0.1) is 0 Å². The summed E-state index contributed by atoms with van der Waals surface area (Å²) in [7, 11) is 0. The maximum atomic E-state index is 11.2. The van der Waals surface area contributed by atoms with Crippen molar-refractivity contribution in [3.8, 4) is 0 Å². The molecule has 1 amide bonds. The Kier molecular flexibility index (Phi) is 3.54. The van der Waals surface area contributed by atoms with Gasteiger partial charge in [-0.15, -0.1) is 0 Å². The first kappa shape index (κ1) is 12.5. The SMILES string of the molecule is CC(C)(CC(N)=O)Nc1nc[nH]c(=O)c1Cl. The summed E-state index contributed by atoms with van der Waals surface area (Å²) in [6.07, 6.45) is 1.34. The highest BCUT2D eigenvalue weighted by atomic mass is 35.5.